The molecule has 0 aliphatic carbocycles. The zero-order valence-corrected chi connectivity index (χ0v) is 14.3. The molecule has 3 aromatic carbocycles. The van der Waals surface area contributed by atoms with E-state index in [0.717, 1.165) is 16.3 Å². The second-order valence-corrected chi connectivity index (χ2v) is 7.99. The third kappa shape index (κ3) is 3.07. The molecule has 0 aromatic heterocycles. The first-order valence-electron chi connectivity index (χ1n) is 7.54. The summed E-state index contributed by atoms with van der Waals surface area (Å²) in [7, 11) is -3.42. The topological polar surface area (TPSA) is 98.3 Å². The van der Waals surface area contributed by atoms with E-state index in [4.69, 9.17) is 5.14 Å². The van der Waals surface area contributed by atoms with E-state index in [1.54, 1.807) is 24.3 Å². The van der Waals surface area contributed by atoms with Crippen molar-refractivity contribution in [1.82, 2.24) is 0 Å². The van der Waals surface area contributed by atoms with E-state index in [2.05, 4.69) is 5.32 Å². The fourth-order valence-electron chi connectivity index (χ4n) is 2.53. The minimum Gasteiger partial charge on any atom is -0.311 e. The molecule has 3 aromatic rings. The third-order valence-corrected chi connectivity index (χ3v) is 6.05. The van der Waals surface area contributed by atoms with E-state index >= 15 is 0 Å². The van der Waals surface area contributed by atoms with Crippen molar-refractivity contribution in [1.29, 1.82) is 0 Å². The van der Waals surface area contributed by atoms with E-state index in [1.165, 1.54) is 12.1 Å². The first-order chi connectivity index (χ1) is 11.9. The van der Waals surface area contributed by atoms with Gasteiger partial charge in [-0.2, -0.15) is 0 Å². The van der Waals surface area contributed by atoms with E-state index in [0.29, 0.717) is 5.69 Å². The largest absolute Gasteiger partial charge is 0.345 e. The molecule has 0 saturated heterocycles. The minimum absolute atomic E-state index is 0.209. The van der Waals surface area contributed by atoms with Gasteiger partial charge in [-0.3, -0.25) is 14.9 Å². The Morgan fingerprint density at radius 1 is 1.04 bits per heavy atom. The number of aryl methyl sites for hydroxylation is 1. The van der Waals surface area contributed by atoms with Crippen LogP contribution < -0.4 is 10.5 Å². The van der Waals surface area contributed by atoms with Crippen LogP contribution in [0.3, 0.4) is 0 Å². The van der Waals surface area contributed by atoms with Gasteiger partial charge in [0.15, 0.2) is 10.4 Å². The highest BCUT2D eigenvalue weighted by molar-refractivity contribution is 8.39. The van der Waals surface area contributed by atoms with Gasteiger partial charge in [-0.1, -0.05) is 54.1 Å². The number of anilines is 1. The molecule has 0 bridgehead atoms. The zero-order valence-electron chi connectivity index (χ0n) is 13.5. The lowest BCUT2D eigenvalue weighted by molar-refractivity contribution is -0.294. The van der Waals surface area contributed by atoms with Gasteiger partial charge in [0.25, 0.3) is 0 Å². The van der Waals surface area contributed by atoms with Gasteiger partial charge in [-0.15, -0.1) is 0 Å². The summed E-state index contributed by atoms with van der Waals surface area (Å²) >= 11 is 0. The van der Waals surface area contributed by atoms with Gasteiger partial charge in [0.2, 0.25) is 0 Å². The Labute approximate surface area is 146 Å². The van der Waals surface area contributed by atoms with E-state index in [1.807, 2.05) is 37.3 Å². The average molecular weight is 355 g/mol. The standard InChI is InChI=1S/C18H17N3O3S/c1-13-9-11-15(12-10-13)25(19,21(23)24)18(22)20-17-8-4-6-14-5-2-3-7-16(14)17/h2-12H,19H2,1H3,(H,20,22). The highest BCUT2D eigenvalue weighted by atomic mass is 32.3. The number of amides is 1. The maximum Gasteiger partial charge on any atom is 0.345 e. The van der Waals surface area contributed by atoms with Gasteiger partial charge in [-0.05, 0) is 30.5 Å². The lowest BCUT2D eigenvalue weighted by Gasteiger charge is -2.24. The molecular formula is C18H17N3O3S. The van der Waals surface area contributed by atoms with Crippen molar-refractivity contribution in [2.45, 2.75) is 11.8 Å². The molecule has 6 nitrogen and oxygen atoms in total. The number of nitrogens with one attached hydrogen (secondary N) is 1. The summed E-state index contributed by atoms with van der Waals surface area (Å²) in [5, 5.41) is 21.2. The number of nitrogens with two attached hydrogens (primary N) is 1. The van der Waals surface area contributed by atoms with Gasteiger partial charge < -0.3 is 5.32 Å². The van der Waals surface area contributed by atoms with Crippen LogP contribution in [0.1, 0.15) is 5.56 Å². The summed E-state index contributed by atoms with van der Waals surface area (Å²) in [5.74, 6) is 0. The summed E-state index contributed by atoms with van der Waals surface area (Å²) in [5.41, 5.74) is 1.43. The van der Waals surface area contributed by atoms with Crippen molar-refractivity contribution < 1.29 is 9.12 Å². The van der Waals surface area contributed by atoms with Gasteiger partial charge >= 0.3 is 5.24 Å². The number of nitro groups is 1. The lowest BCUT2D eigenvalue weighted by atomic mass is 10.1. The van der Waals surface area contributed by atoms with E-state index < -0.39 is 20.0 Å². The summed E-state index contributed by atoms with van der Waals surface area (Å²) in [6.07, 6.45) is 0. The van der Waals surface area contributed by atoms with Gasteiger partial charge in [0.1, 0.15) is 0 Å². The lowest BCUT2D eigenvalue weighted by Crippen LogP contribution is -2.31. The molecule has 128 valence electrons. The number of fused-ring (bicyclic) bond motifs is 1. The Morgan fingerprint density at radius 2 is 1.68 bits per heavy atom. The second kappa shape index (κ2) is 6.54. The van der Waals surface area contributed by atoms with Crippen molar-refractivity contribution in [3.8, 4) is 0 Å². The second-order valence-electron chi connectivity index (χ2n) is 5.60. The van der Waals surface area contributed by atoms with E-state index in [9.17, 15) is 14.9 Å². The first kappa shape index (κ1) is 16.9. The van der Waals surface area contributed by atoms with Crippen molar-refractivity contribution >= 4 is 32.1 Å². The zero-order chi connectivity index (χ0) is 18.0. The molecule has 1 amide bonds. The molecule has 0 aliphatic rings. The van der Waals surface area contributed by atoms with Crippen molar-refractivity contribution in [3.63, 3.8) is 0 Å². The van der Waals surface area contributed by atoms with Gasteiger partial charge in [0, 0.05) is 11.1 Å². The highest BCUT2D eigenvalue weighted by Crippen LogP contribution is 2.50. The van der Waals surface area contributed by atoms with Crippen LogP contribution in [0.4, 0.5) is 10.5 Å². The molecule has 0 heterocycles. The van der Waals surface area contributed by atoms with Crippen LogP contribution in [0.15, 0.2) is 71.6 Å². The first-order valence-corrected chi connectivity index (χ1v) is 9.19. The molecule has 1 atom stereocenters. The molecule has 0 radical (unpaired) electrons. The predicted molar refractivity (Wildman–Crippen MR) is 101 cm³/mol. The summed E-state index contributed by atoms with van der Waals surface area (Å²) in [6.45, 7) is 1.86. The van der Waals surface area contributed by atoms with Crippen LogP contribution in [0.25, 0.3) is 10.8 Å². The molecule has 0 aliphatic heterocycles. The van der Waals surface area contributed by atoms with E-state index in [-0.39, 0.29) is 4.90 Å². The Hall–Kier alpha value is -2.90. The summed E-state index contributed by atoms with van der Waals surface area (Å²) in [4.78, 5) is 24.6. The molecule has 1 unspecified atom stereocenters. The number of carbonyl (C=O) groups excluding carboxylic acids is 1. The summed E-state index contributed by atoms with van der Waals surface area (Å²) < 4.78 is -0.682. The maximum atomic E-state index is 12.8. The number of benzene rings is 3. The normalized spacial score (nSPS) is 14.5. The Bertz CT molecular complexity index is 954. The molecule has 0 fully saturated rings. The third-order valence-electron chi connectivity index (χ3n) is 3.92. The molecule has 7 heteroatoms. The van der Waals surface area contributed by atoms with Crippen LogP contribution in [0, 0.1) is 17.0 Å². The molecule has 3 rings (SSSR count). The number of hydrogen-bond acceptors (Lipinski definition) is 4. The van der Waals surface area contributed by atoms with Crippen LogP contribution in [0.5, 0.6) is 0 Å². The molecule has 0 saturated carbocycles. The van der Waals surface area contributed by atoms with Crippen LogP contribution in [-0.4, -0.2) is 9.57 Å². The van der Waals surface area contributed by atoms with Crippen LogP contribution >= 0.6 is 10.4 Å². The highest BCUT2D eigenvalue weighted by Gasteiger charge is 2.43. The number of nitrogens with zero attached hydrogens (tertiary/aromatic N) is 1. The maximum absolute atomic E-state index is 12.8. The van der Waals surface area contributed by atoms with Gasteiger partial charge in [0.05, 0.1) is 9.22 Å². The quantitative estimate of drug-likeness (QED) is 0.529. The molecule has 0 spiro atoms. The Kier molecular flexibility index (Phi) is 4.43. The fraction of sp³-hybridized carbons (Fsp3) is 0.0556. The van der Waals surface area contributed by atoms with Crippen LogP contribution in [-0.2, 0) is 0 Å². The van der Waals surface area contributed by atoms with Crippen molar-refractivity contribution in [2.75, 3.05) is 5.32 Å². The molecule has 3 N–H and O–H groups in total. The average Bonchev–Trinajstić information content (AvgIpc) is 2.61. The Morgan fingerprint density at radius 3 is 2.36 bits per heavy atom. The molecule has 25 heavy (non-hydrogen) atoms. The van der Waals surface area contributed by atoms with Crippen molar-refractivity contribution in [2.24, 2.45) is 5.14 Å². The predicted octanol–water partition coefficient (Wildman–Crippen LogP) is 4.61. The van der Waals surface area contributed by atoms with Crippen LogP contribution in [0.2, 0.25) is 0 Å². The number of hydrogen-bond donors (Lipinski definition) is 2. The van der Waals surface area contributed by atoms with Gasteiger partial charge in [-0.25, -0.2) is 5.14 Å². The number of rotatable bonds is 3. The SMILES string of the molecule is Cc1ccc(S(N)(C(=O)Nc2cccc3ccccc23)[N+](=O)[O-])cc1. The number of carbonyl (C=O) groups is 1. The smallest absolute Gasteiger partial charge is 0.311 e. The summed E-state index contributed by atoms with van der Waals surface area (Å²) in [6, 6.07) is 19.4. The fourth-order valence-corrected chi connectivity index (χ4v) is 3.87. The van der Waals surface area contributed by atoms with Crippen molar-refractivity contribution in [3.05, 3.63) is 82.4 Å². The minimum atomic E-state index is -3.42. The monoisotopic (exact) mass is 355 g/mol. The Balaban J connectivity index is 2.01. The molecular weight excluding hydrogens is 338 g/mol.